The number of hydrogen-bond acceptors (Lipinski definition) is 7. The average Bonchev–Trinajstić information content (AvgIpc) is 3.00. The average molecular weight is 571 g/mol. The van der Waals surface area contributed by atoms with Gasteiger partial charge in [0.05, 0.1) is 12.1 Å². The van der Waals surface area contributed by atoms with Gasteiger partial charge in [-0.15, -0.1) is 0 Å². The monoisotopic (exact) mass is 570 g/mol. The van der Waals surface area contributed by atoms with Gasteiger partial charge in [0, 0.05) is 47.5 Å². The van der Waals surface area contributed by atoms with Gasteiger partial charge in [0.15, 0.2) is 11.5 Å². The third kappa shape index (κ3) is 6.69. The molecule has 4 aromatic rings. The highest BCUT2D eigenvalue weighted by atomic mass is 16.6. The molecular weight excluding hydrogens is 540 g/mol. The fourth-order valence-corrected chi connectivity index (χ4v) is 4.32. The van der Waals surface area contributed by atoms with Crippen LogP contribution in [0.3, 0.4) is 0 Å². The maximum atomic E-state index is 13.1. The van der Waals surface area contributed by atoms with Crippen molar-refractivity contribution < 1.29 is 33.7 Å². The summed E-state index contributed by atoms with van der Waals surface area (Å²) in [5.74, 6) is 0.934. The lowest BCUT2D eigenvalue weighted by atomic mass is 10.1. The molecule has 0 atom stereocenters. The molecule has 3 N–H and O–H groups in total. The zero-order valence-corrected chi connectivity index (χ0v) is 23.2. The number of ether oxygens (including phenoxy) is 3. The van der Waals surface area contributed by atoms with Crippen molar-refractivity contribution in [3.63, 3.8) is 0 Å². The predicted molar refractivity (Wildman–Crippen MR) is 157 cm³/mol. The van der Waals surface area contributed by atoms with E-state index in [1.165, 1.54) is 11.9 Å². The van der Waals surface area contributed by atoms with Crippen molar-refractivity contribution in [3.8, 4) is 17.4 Å². The van der Waals surface area contributed by atoms with Gasteiger partial charge in [0.1, 0.15) is 13.2 Å². The van der Waals surface area contributed by atoms with E-state index in [-0.39, 0.29) is 11.8 Å². The van der Waals surface area contributed by atoms with Gasteiger partial charge in [0.25, 0.3) is 11.8 Å². The second-order valence-corrected chi connectivity index (χ2v) is 9.76. The molecule has 0 fully saturated rings. The van der Waals surface area contributed by atoms with Crippen LogP contribution in [-0.2, 0) is 0 Å². The Kier molecular flexibility index (Phi) is 8.37. The highest BCUT2D eigenvalue weighted by Crippen LogP contribution is 2.31. The Hall–Kier alpha value is -5.32. The molecule has 5 rings (SSSR count). The van der Waals surface area contributed by atoms with Crippen LogP contribution >= 0.6 is 0 Å². The van der Waals surface area contributed by atoms with Crippen molar-refractivity contribution in [1.82, 2.24) is 9.88 Å². The Labute approximate surface area is 242 Å². The lowest BCUT2D eigenvalue weighted by molar-refractivity contribution is 0.101. The maximum Gasteiger partial charge on any atom is 0.407 e. The minimum absolute atomic E-state index is 0.307. The second-order valence-electron chi connectivity index (χ2n) is 9.76. The first kappa shape index (κ1) is 28.2. The number of aromatic nitrogens is 1. The van der Waals surface area contributed by atoms with Gasteiger partial charge < -0.3 is 34.9 Å². The molecule has 42 heavy (non-hydrogen) atoms. The van der Waals surface area contributed by atoms with Gasteiger partial charge in [-0.25, -0.2) is 9.78 Å². The number of hydrogen-bond donors (Lipinski definition) is 3. The first-order chi connectivity index (χ1) is 20.3. The molecule has 1 aliphatic heterocycles. The topological polar surface area (TPSA) is 139 Å². The summed E-state index contributed by atoms with van der Waals surface area (Å²) in [4.78, 5) is 42.5. The van der Waals surface area contributed by atoms with Gasteiger partial charge in [-0.2, -0.15) is 0 Å². The number of carbonyl (C=O) groups is 3. The molecule has 0 bridgehead atoms. The summed E-state index contributed by atoms with van der Waals surface area (Å²) in [5.41, 5.74) is 3.46. The molecule has 0 saturated carbocycles. The quantitative estimate of drug-likeness (QED) is 0.234. The van der Waals surface area contributed by atoms with Gasteiger partial charge in [0.2, 0.25) is 5.88 Å². The van der Waals surface area contributed by atoms with E-state index < -0.39 is 6.09 Å². The van der Waals surface area contributed by atoms with E-state index in [0.717, 1.165) is 10.9 Å². The number of rotatable bonds is 9. The Balaban J connectivity index is 1.22. The molecule has 0 radical (unpaired) electrons. The number of carboxylic acid groups (broad SMARTS) is 1. The summed E-state index contributed by atoms with van der Waals surface area (Å²) < 4.78 is 16.7. The first-order valence-electron chi connectivity index (χ1n) is 13.4. The van der Waals surface area contributed by atoms with Crippen molar-refractivity contribution >= 4 is 40.2 Å². The first-order valence-corrected chi connectivity index (χ1v) is 13.4. The molecule has 3 amide bonds. The van der Waals surface area contributed by atoms with Crippen LogP contribution in [0.15, 0.2) is 66.7 Å². The van der Waals surface area contributed by atoms with Gasteiger partial charge >= 0.3 is 6.09 Å². The van der Waals surface area contributed by atoms with E-state index in [9.17, 15) is 14.4 Å². The molecule has 1 aromatic heterocycles. The normalized spacial score (nSPS) is 12.0. The SMILES string of the molecule is Cc1ccc(NC(=O)c2ccc3c(c2)OCCO3)cc1NC(=O)c1ccc2nc(OCCCN(C)C(=O)O)ccc2c1. The van der Waals surface area contributed by atoms with Crippen LogP contribution in [-0.4, -0.2) is 66.3 Å². The van der Waals surface area contributed by atoms with Crippen LogP contribution in [0.25, 0.3) is 10.9 Å². The highest BCUT2D eigenvalue weighted by molar-refractivity contribution is 6.08. The molecule has 0 spiro atoms. The van der Waals surface area contributed by atoms with E-state index in [2.05, 4.69) is 15.6 Å². The van der Waals surface area contributed by atoms with Crippen molar-refractivity contribution in [3.05, 3.63) is 83.4 Å². The van der Waals surface area contributed by atoms with E-state index in [0.29, 0.717) is 78.2 Å². The van der Waals surface area contributed by atoms with Crippen LogP contribution in [0.2, 0.25) is 0 Å². The molecule has 216 valence electrons. The van der Waals surface area contributed by atoms with Crippen LogP contribution < -0.4 is 24.8 Å². The van der Waals surface area contributed by atoms with Gasteiger partial charge in [-0.3, -0.25) is 9.59 Å². The third-order valence-electron chi connectivity index (χ3n) is 6.69. The fourth-order valence-electron chi connectivity index (χ4n) is 4.32. The van der Waals surface area contributed by atoms with Crippen molar-refractivity contribution in [2.75, 3.05) is 44.0 Å². The largest absolute Gasteiger partial charge is 0.486 e. The molecule has 0 aliphatic carbocycles. The molecule has 1 aliphatic rings. The summed E-state index contributed by atoms with van der Waals surface area (Å²) in [5, 5.41) is 15.5. The van der Waals surface area contributed by atoms with Crippen LogP contribution in [0.1, 0.15) is 32.7 Å². The number of fused-ring (bicyclic) bond motifs is 2. The van der Waals surface area contributed by atoms with Crippen LogP contribution in [0, 0.1) is 6.92 Å². The van der Waals surface area contributed by atoms with Gasteiger partial charge in [-0.1, -0.05) is 6.07 Å². The summed E-state index contributed by atoms with van der Waals surface area (Å²) >= 11 is 0. The Morgan fingerprint density at radius 1 is 0.905 bits per heavy atom. The molecular formula is C31H30N4O7. The number of amides is 3. The van der Waals surface area contributed by atoms with Crippen molar-refractivity contribution in [2.45, 2.75) is 13.3 Å². The van der Waals surface area contributed by atoms with Crippen molar-refractivity contribution in [1.29, 1.82) is 0 Å². The summed E-state index contributed by atoms with van der Waals surface area (Å²) in [6, 6.07) is 19.0. The number of nitrogens with one attached hydrogen (secondary N) is 2. The van der Waals surface area contributed by atoms with E-state index in [4.69, 9.17) is 19.3 Å². The molecule has 3 aromatic carbocycles. The van der Waals surface area contributed by atoms with Crippen LogP contribution in [0.4, 0.5) is 16.2 Å². The van der Waals surface area contributed by atoms with Crippen LogP contribution in [0.5, 0.6) is 17.4 Å². The van der Waals surface area contributed by atoms with E-state index >= 15 is 0 Å². The molecule has 2 heterocycles. The minimum atomic E-state index is -0.985. The van der Waals surface area contributed by atoms with Crippen molar-refractivity contribution in [2.24, 2.45) is 0 Å². The lowest BCUT2D eigenvalue weighted by Gasteiger charge is -2.18. The molecule has 0 saturated heterocycles. The fraction of sp³-hybridized carbons (Fsp3) is 0.226. The number of carbonyl (C=O) groups excluding carboxylic acids is 2. The van der Waals surface area contributed by atoms with E-state index in [1.54, 1.807) is 54.6 Å². The number of benzene rings is 3. The zero-order valence-electron chi connectivity index (χ0n) is 23.2. The smallest absolute Gasteiger partial charge is 0.407 e. The number of anilines is 2. The number of nitrogens with zero attached hydrogens (tertiary/aromatic N) is 2. The Morgan fingerprint density at radius 2 is 1.64 bits per heavy atom. The molecule has 0 unspecified atom stereocenters. The Morgan fingerprint density at radius 3 is 2.45 bits per heavy atom. The number of pyridine rings is 1. The molecule has 11 heteroatoms. The minimum Gasteiger partial charge on any atom is -0.486 e. The second kappa shape index (κ2) is 12.5. The highest BCUT2D eigenvalue weighted by Gasteiger charge is 2.16. The zero-order chi connectivity index (χ0) is 29.6. The standard InChI is InChI=1S/C31H30N4O7/c1-19-4-8-23(32-29(36)22-6-10-26-27(17-22)41-15-14-40-26)18-25(19)34-30(37)21-5-9-24-20(16-21)7-11-28(33-24)42-13-3-12-35(2)31(38)39/h4-11,16-18H,3,12-15H2,1-2H3,(H,32,36)(H,34,37)(H,38,39). The maximum absolute atomic E-state index is 13.1. The third-order valence-corrected chi connectivity index (χ3v) is 6.69. The Bertz CT molecular complexity index is 1660. The van der Waals surface area contributed by atoms with Gasteiger partial charge in [-0.05, 0) is 73.5 Å². The lowest BCUT2D eigenvalue weighted by Crippen LogP contribution is -2.26. The molecule has 11 nitrogen and oxygen atoms in total. The van der Waals surface area contributed by atoms with E-state index in [1.807, 2.05) is 19.1 Å². The summed E-state index contributed by atoms with van der Waals surface area (Å²) in [7, 11) is 1.50. The predicted octanol–water partition coefficient (Wildman–Crippen LogP) is 5.20. The number of aryl methyl sites for hydroxylation is 1. The summed E-state index contributed by atoms with van der Waals surface area (Å²) in [6.07, 6.45) is -0.453. The summed E-state index contributed by atoms with van der Waals surface area (Å²) in [6.45, 7) is 3.45.